The third-order valence-corrected chi connectivity index (χ3v) is 3.99. The summed E-state index contributed by atoms with van der Waals surface area (Å²) in [4.78, 5) is 2.38. The molecule has 4 rings (SSSR count). The van der Waals surface area contributed by atoms with Crippen molar-refractivity contribution in [2.24, 2.45) is 0 Å². The summed E-state index contributed by atoms with van der Waals surface area (Å²) in [6, 6.07) is 15.1. The van der Waals surface area contributed by atoms with Gasteiger partial charge in [0.05, 0.1) is 18.6 Å². The average molecular weight is 265 g/mol. The number of hydrogen-bond donors (Lipinski definition) is 0. The molecule has 2 aromatic heterocycles. The molecule has 1 saturated heterocycles. The second-order valence-electron chi connectivity index (χ2n) is 5.18. The first-order valence-corrected chi connectivity index (χ1v) is 7.07. The van der Waals surface area contributed by atoms with Gasteiger partial charge in [0.1, 0.15) is 5.69 Å². The van der Waals surface area contributed by atoms with Crippen LogP contribution in [0, 0.1) is 0 Å². The molecule has 0 atom stereocenters. The molecule has 0 N–H and O–H groups in total. The average Bonchev–Trinajstić information content (AvgIpc) is 2.55. The van der Waals surface area contributed by atoms with Gasteiger partial charge in [0, 0.05) is 25.2 Å². The molecular formula is C17H17N2O+. The highest BCUT2D eigenvalue weighted by molar-refractivity contribution is 5.93. The zero-order chi connectivity index (χ0) is 13.4. The Hall–Kier alpha value is -2.13. The number of pyridine rings is 2. The fourth-order valence-corrected chi connectivity index (χ4v) is 2.90. The van der Waals surface area contributed by atoms with Crippen molar-refractivity contribution in [3.8, 4) is 0 Å². The van der Waals surface area contributed by atoms with Gasteiger partial charge in [-0.2, -0.15) is 4.40 Å². The van der Waals surface area contributed by atoms with E-state index >= 15 is 0 Å². The van der Waals surface area contributed by atoms with Crippen molar-refractivity contribution in [2.45, 2.75) is 0 Å². The molecule has 1 fully saturated rings. The van der Waals surface area contributed by atoms with Crippen LogP contribution in [0.5, 0.6) is 0 Å². The number of morpholine rings is 1. The van der Waals surface area contributed by atoms with Gasteiger partial charge >= 0.3 is 0 Å². The van der Waals surface area contributed by atoms with Crippen LogP contribution in [0.4, 0.5) is 5.69 Å². The van der Waals surface area contributed by atoms with Crippen LogP contribution in [0.3, 0.4) is 0 Å². The minimum atomic E-state index is 0.820. The van der Waals surface area contributed by atoms with Gasteiger partial charge in [-0.05, 0) is 17.5 Å². The highest BCUT2D eigenvalue weighted by Crippen LogP contribution is 2.19. The number of anilines is 1. The van der Waals surface area contributed by atoms with Crippen LogP contribution in [0.15, 0.2) is 54.9 Å². The molecule has 1 aliphatic heterocycles. The monoisotopic (exact) mass is 265 g/mol. The predicted octanol–water partition coefficient (Wildman–Crippen LogP) is 2.42. The van der Waals surface area contributed by atoms with Gasteiger partial charge < -0.3 is 9.64 Å². The van der Waals surface area contributed by atoms with E-state index in [9.17, 15) is 0 Å². The number of nitrogens with zero attached hydrogens (tertiary/aromatic N) is 2. The molecule has 3 heterocycles. The fraction of sp³-hybridized carbons (Fsp3) is 0.235. The molecule has 3 heteroatoms. The minimum Gasteiger partial charge on any atom is -0.378 e. The third kappa shape index (κ3) is 1.91. The highest BCUT2D eigenvalue weighted by Gasteiger charge is 2.15. The van der Waals surface area contributed by atoms with Crippen LogP contribution >= 0.6 is 0 Å². The van der Waals surface area contributed by atoms with Crippen LogP contribution in [0.2, 0.25) is 0 Å². The largest absolute Gasteiger partial charge is 0.378 e. The molecule has 3 nitrogen and oxygen atoms in total. The SMILES string of the molecule is c1ccc2c(c1)cc[n+]1cc(N3CCOCC3)ccc21. The van der Waals surface area contributed by atoms with Gasteiger partial charge in [-0.25, -0.2) is 0 Å². The highest BCUT2D eigenvalue weighted by atomic mass is 16.5. The summed E-state index contributed by atoms with van der Waals surface area (Å²) in [5, 5.41) is 2.58. The molecule has 0 aliphatic carbocycles. The Morgan fingerprint density at radius 1 is 0.950 bits per heavy atom. The van der Waals surface area contributed by atoms with Crippen molar-refractivity contribution in [1.29, 1.82) is 0 Å². The Morgan fingerprint density at radius 2 is 1.80 bits per heavy atom. The van der Waals surface area contributed by atoms with Gasteiger partial charge in [-0.3, -0.25) is 0 Å². The lowest BCUT2D eigenvalue weighted by molar-refractivity contribution is -0.510. The van der Waals surface area contributed by atoms with Crippen molar-refractivity contribution in [3.05, 3.63) is 54.9 Å². The summed E-state index contributed by atoms with van der Waals surface area (Å²) in [5.74, 6) is 0. The zero-order valence-electron chi connectivity index (χ0n) is 11.3. The van der Waals surface area contributed by atoms with E-state index in [2.05, 4.69) is 64.2 Å². The molecule has 0 saturated carbocycles. The Balaban J connectivity index is 1.85. The van der Waals surface area contributed by atoms with Gasteiger partial charge in [-0.15, -0.1) is 0 Å². The number of benzene rings is 1. The molecule has 100 valence electrons. The molecule has 0 amide bonds. The number of fused-ring (bicyclic) bond motifs is 3. The Labute approximate surface area is 118 Å². The third-order valence-electron chi connectivity index (χ3n) is 3.99. The topological polar surface area (TPSA) is 16.6 Å². The second kappa shape index (κ2) is 4.76. The van der Waals surface area contributed by atoms with Crippen LogP contribution in [0.25, 0.3) is 16.3 Å². The minimum absolute atomic E-state index is 0.820. The van der Waals surface area contributed by atoms with Gasteiger partial charge in [-0.1, -0.05) is 18.2 Å². The smallest absolute Gasteiger partial charge is 0.218 e. The predicted molar refractivity (Wildman–Crippen MR) is 80.1 cm³/mol. The summed E-state index contributed by atoms with van der Waals surface area (Å²) in [6.07, 6.45) is 4.36. The quantitative estimate of drug-likeness (QED) is 0.496. The summed E-state index contributed by atoms with van der Waals surface area (Å²) >= 11 is 0. The first-order chi connectivity index (χ1) is 9.92. The molecule has 1 aromatic carbocycles. The van der Waals surface area contributed by atoms with Crippen molar-refractivity contribution in [1.82, 2.24) is 0 Å². The molecule has 20 heavy (non-hydrogen) atoms. The van der Waals surface area contributed by atoms with Crippen LogP contribution in [0.1, 0.15) is 0 Å². The molecular weight excluding hydrogens is 248 g/mol. The van der Waals surface area contributed by atoms with E-state index in [4.69, 9.17) is 4.74 Å². The summed E-state index contributed by atoms with van der Waals surface area (Å²) in [7, 11) is 0. The van der Waals surface area contributed by atoms with Gasteiger partial charge in [0.2, 0.25) is 5.52 Å². The molecule has 0 unspecified atom stereocenters. The first kappa shape index (κ1) is 11.7. The number of hydrogen-bond acceptors (Lipinski definition) is 2. The van der Waals surface area contributed by atoms with E-state index in [1.165, 1.54) is 22.0 Å². The number of ether oxygens (including phenoxy) is 1. The number of aromatic nitrogens is 1. The molecule has 1 aliphatic rings. The lowest BCUT2D eigenvalue weighted by atomic mass is 10.1. The summed E-state index contributed by atoms with van der Waals surface area (Å²) in [6.45, 7) is 3.58. The van der Waals surface area contributed by atoms with Gasteiger partial charge in [0.15, 0.2) is 12.4 Å². The van der Waals surface area contributed by atoms with Crippen LogP contribution in [-0.4, -0.2) is 26.3 Å². The van der Waals surface area contributed by atoms with Crippen LogP contribution < -0.4 is 9.30 Å². The summed E-state index contributed by atoms with van der Waals surface area (Å²) < 4.78 is 7.63. The van der Waals surface area contributed by atoms with Crippen LogP contribution in [-0.2, 0) is 4.74 Å². The van der Waals surface area contributed by atoms with E-state index in [1.54, 1.807) is 0 Å². The van der Waals surface area contributed by atoms with Gasteiger partial charge in [0.25, 0.3) is 0 Å². The van der Waals surface area contributed by atoms with Crippen molar-refractivity contribution in [3.63, 3.8) is 0 Å². The Kier molecular flexibility index (Phi) is 2.78. The standard InChI is InChI=1S/C17H17N2O/c1-2-4-16-14(3-1)7-8-19-13-15(5-6-17(16)19)18-9-11-20-12-10-18/h1-8,13H,9-12H2/q+1. The maximum atomic E-state index is 5.42. The first-order valence-electron chi connectivity index (χ1n) is 7.07. The molecule has 0 spiro atoms. The fourth-order valence-electron chi connectivity index (χ4n) is 2.90. The molecule has 0 bridgehead atoms. The second-order valence-corrected chi connectivity index (χ2v) is 5.18. The maximum absolute atomic E-state index is 5.42. The van der Waals surface area contributed by atoms with Crippen molar-refractivity contribution >= 4 is 22.0 Å². The molecule has 0 radical (unpaired) electrons. The summed E-state index contributed by atoms with van der Waals surface area (Å²) in [5.41, 5.74) is 2.51. The Morgan fingerprint density at radius 3 is 2.70 bits per heavy atom. The van der Waals surface area contributed by atoms with E-state index < -0.39 is 0 Å². The number of rotatable bonds is 1. The van der Waals surface area contributed by atoms with E-state index in [0.717, 1.165) is 26.3 Å². The maximum Gasteiger partial charge on any atom is 0.218 e. The zero-order valence-corrected chi connectivity index (χ0v) is 11.3. The lowest BCUT2D eigenvalue weighted by Crippen LogP contribution is -2.37. The van der Waals surface area contributed by atoms with Crippen molar-refractivity contribution < 1.29 is 9.14 Å². The molecule has 3 aromatic rings. The van der Waals surface area contributed by atoms with Crippen molar-refractivity contribution in [2.75, 3.05) is 31.2 Å². The van der Waals surface area contributed by atoms with E-state index in [-0.39, 0.29) is 0 Å². The normalized spacial score (nSPS) is 15.9. The lowest BCUT2D eigenvalue weighted by Gasteiger charge is -2.27. The van der Waals surface area contributed by atoms with E-state index in [0.29, 0.717) is 0 Å². The van der Waals surface area contributed by atoms with E-state index in [1.807, 2.05) is 0 Å². The Bertz CT molecular complexity index is 763.